The van der Waals surface area contributed by atoms with Gasteiger partial charge in [0.15, 0.2) is 0 Å². The first-order chi connectivity index (χ1) is 36.7. The molecule has 14 aromatic rings. The van der Waals surface area contributed by atoms with Crippen LogP contribution in [0, 0.1) is 0 Å². The standard InChI is InChI=1S/C71H46N2S/c1-4-20-47(21-5-1)48-38-40-53(41-39-48)72(55-42-43-58-57-31-12-15-34-63(57)71(64(58)45-55,51-25-6-2-7-26-51)52-27-8-3-9-28-52)54-29-18-24-50(44-54)61-46-62-59-32-13-16-35-66(59)73(65-36-19-23-49-22-10-11-30-56(49)65)69(62)68-60-33-14-17-37-67(60)74-70(61)68/h1-46H. The van der Waals surface area contributed by atoms with Gasteiger partial charge >= 0.3 is 0 Å². The number of rotatable bonds is 8. The number of benzene rings is 12. The Balaban J connectivity index is 0.979. The lowest BCUT2D eigenvalue weighted by molar-refractivity contribution is 0.768. The van der Waals surface area contributed by atoms with Crippen molar-refractivity contribution >= 4 is 81.1 Å². The van der Waals surface area contributed by atoms with Gasteiger partial charge in [0, 0.05) is 59.0 Å². The Morgan fingerprint density at radius 2 is 0.932 bits per heavy atom. The van der Waals surface area contributed by atoms with Gasteiger partial charge in [0.1, 0.15) is 0 Å². The number of hydrogen-bond donors (Lipinski definition) is 0. The first-order valence-electron chi connectivity index (χ1n) is 25.5. The highest BCUT2D eigenvalue weighted by Crippen LogP contribution is 2.57. The summed E-state index contributed by atoms with van der Waals surface area (Å²) in [6.07, 6.45) is 0. The van der Waals surface area contributed by atoms with Crippen LogP contribution >= 0.6 is 11.3 Å². The minimum atomic E-state index is -0.539. The molecule has 0 spiro atoms. The molecule has 0 bridgehead atoms. The highest BCUT2D eigenvalue weighted by atomic mass is 32.1. The van der Waals surface area contributed by atoms with Gasteiger partial charge in [0.2, 0.25) is 0 Å². The summed E-state index contributed by atoms with van der Waals surface area (Å²) in [4.78, 5) is 2.47. The van der Waals surface area contributed by atoms with Gasteiger partial charge in [-0.1, -0.05) is 218 Å². The van der Waals surface area contributed by atoms with E-state index in [2.05, 4.69) is 289 Å². The second-order valence-electron chi connectivity index (χ2n) is 19.5. The highest BCUT2D eigenvalue weighted by Gasteiger charge is 2.46. The number of aromatic nitrogens is 1. The summed E-state index contributed by atoms with van der Waals surface area (Å²) in [6, 6.07) is 103. The molecule has 0 saturated carbocycles. The number of fused-ring (bicyclic) bond motifs is 11. The average molecular weight is 959 g/mol. The normalized spacial score (nSPS) is 12.7. The molecule has 0 radical (unpaired) electrons. The van der Waals surface area contributed by atoms with Gasteiger partial charge in [0.05, 0.1) is 22.1 Å². The summed E-state index contributed by atoms with van der Waals surface area (Å²) in [7, 11) is 0. The van der Waals surface area contributed by atoms with Crippen LogP contribution in [-0.4, -0.2) is 4.57 Å². The lowest BCUT2D eigenvalue weighted by Crippen LogP contribution is -2.28. The number of nitrogens with zero attached hydrogens (tertiary/aromatic N) is 2. The maximum Gasteiger partial charge on any atom is 0.0714 e. The summed E-state index contributed by atoms with van der Waals surface area (Å²) in [5, 5.41) is 7.52. The van der Waals surface area contributed by atoms with Crippen LogP contribution in [0.5, 0.6) is 0 Å². The predicted molar refractivity (Wildman–Crippen MR) is 314 cm³/mol. The zero-order chi connectivity index (χ0) is 48.7. The molecular formula is C71H46N2S. The molecule has 0 atom stereocenters. The van der Waals surface area contributed by atoms with E-state index in [1.165, 1.54) is 114 Å². The second-order valence-corrected chi connectivity index (χ2v) is 20.6. The van der Waals surface area contributed by atoms with Crippen molar-refractivity contribution in [3.63, 3.8) is 0 Å². The van der Waals surface area contributed by atoms with Crippen LogP contribution in [0.1, 0.15) is 22.3 Å². The van der Waals surface area contributed by atoms with Gasteiger partial charge in [-0.25, -0.2) is 0 Å². The van der Waals surface area contributed by atoms with Crippen molar-refractivity contribution in [2.45, 2.75) is 5.41 Å². The molecule has 0 aliphatic heterocycles. The average Bonchev–Trinajstić information content (AvgIpc) is 4.14. The molecule has 1 aliphatic carbocycles. The van der Waals surface area contributed by atoms with E-state index in [-0.39, 0.29) is 0 Å². The minimum Gasteiger partial charge on any atom is -0.310 e. The Labute approximate surface area is 433 Å². The van der Waals surface area contributed by atoms with Crippen molar-refractivity contribution < 1.29 is 0 Å². The van der Waals surface area contributed by atoms with Crippen LogP contribution in [0.2, 0.25) is 0 Å². The first kappa shape index (κ1) is 42.4. The Kier molecular flexibility index (Phi) is 9.70. The van der Waals surface area contributed by atoms with E-state index < -0.39 is 5.41 Å². The van der Waals surface area contributed by atoms with Gasteiger partial charge in [-0.3, -0.25) is 0 Å². The molecule has 0 fully saturated rings. The zero-order valence-electron chi connectivity index (χ0n) is 40.4. The largest absolute Gasteiger partial charge is 0.310 e. The topological polar surface area (TPSA) is 8.17 Å². The molecule has 346 valence electrons. The molecule has 3 heteroatoms. The molecule has 2 nitrogen and oxygen atoms in total. The molecule has 2 aromatic heterocycles. The van der Waals surface area contributed by atoms with Crippen LogP contribution in [0.4, 0.5) is 17.1 Å². The summed E-state index contributed by atoms with van der Waals surface area (Å²) < 4.78 is 5.10. The molecule has 1 aliphatic rings. The second kappa shape index (κ2) is 16.9. The van der Waals surface area contributed by atoms with Crippen LogP contribution in [0.3, 0.4) is 0 Å². The Hall–Kier alpha value is -9.28. The molecule has 2 heterocycles. The maximum absolute atomic E-state index is 2.53. The summed E-state index contributed by atoms with van der Waals surface area (Å²) in [6.45, 7) is 0. The maximum atomic E-state index is 2.53. The Morgan fingerprint density at radius 1 is 0.351 bits per heavy atom. The third-order valence-electron chi connectivity index (χ3n) is 15.6. The first-order valence-corrected chi connectivity index (χ1v) is 26.3. The number of anilines is 3. The van der Waals surface area contributed by atoms with Crippen molar-refractivity contribution in [3.8, 4) is 39.1 Å². The van der Waals surface area contributed by atoms with E-state index in [1.807, 2.05) is 11.3 Å². The van der Waals surface area contributed by atoms with Crippen LogP contribution in [0.15, 0.2) is 279 Å². The number of thiophene rings is 1. The van der Waals surface area contributed by atoms with E-state index >= 15 is 0 Å². The summed E-state index contributed by atoms with van der Waals surface area (Å²) >= 11 is 1.90. The minimum absolute atomic E-state index is 0.539. The van der Waals surface area contributed by atoms with Crippen LogP contribution < -0.4 is 4.90 Å². The van der Waals surface area contributed by atoms with E-state index in [1.54, 1.807) is 0 Å². The molecule has 74 heavy (non-hydrogen) atoms. The lowest BCUT2D eigenvalue weighted by Gasteiger charge is -2.35. The monoisotopic (exact) mass is 958 g/mol. The highest BCUT2D eigenvalue weighted by molar-refractivity contribution is 7.26. The van der Waals surface area contributed by atoms with Crippen LogP contribution in [-0.2, 0) is 5.41 Å². The molecular weight excluding hydrogens is 913 g/mol. The van der Waals surface area contributed by atoms with Crippen molar-refractivity contribution in [3.05, 3.63) is 301 Å². The van der Waals surface area contributed by atoms with E-state index in [4.69, 9.17) is 0 Å². The van der Waals surface area contributed by atoms with Gasteiger partial charge in [-0.05, 0) is 116 Å². The molecule has 0 N–H and O–H groups in total. The molecule has 0 unspecified atom stereocenters. The smallest absolute Gasteiger partial charge is 0.0714 e. The third-order valence-corrected chi connectivity index (χ3v) is 16.8. The summed E-state index contributed by atoms with van der Waals surface area (Å²) in [5.74, 6) is 0. The Morgan fingerprint density at radius 3 is 1.73 bits per heavy atom. The van der Waals surface area contributed by atoms with Crippen LogP contribution in [0.25, 0.3) is 91.8 Å². The molecule has 15 rings (SSSR count). The van der Waals surface area contributed by atoms with Crippen molar-refractivity contribution in [2.75, 3.05) is 4.90 Å². The zero-order valence-corrected chi connectivity index (χ0v) is 41.2. The van der Waals surface area contributed by atoms with Crippen molar-refractivity contribution in [1.29, 1.82) is 0 Å². The SMILES string of the molecule is c1ccc(-c2ccc(N(c3cccc(-c4cc5c6ccccc6n(-c6cccc7ccccc67)c5c5c4sc4ccccc45)c3)c3ccc4c(c3)C(c3ccccc3)(c3ccccc3)c3ccccc3-4)cc2)cc1. The van der Waals surface area contributed by atoms with Gasteiger partial charge in [0.25, 0.3) is 0 Å². The van der Waals surface area contributed by atoms with Crippen molar-refractivity contribution in [2.24, 2.45) is 0 Å². The molecule has 12 aromatic carbocycles. The molecule has 0 saturated heterocycles. The van der Waals surface area contributed by atoms with Gasteiger partial charge < -0.3 is 9.47 Å². The fraction of sp³-hybridized carbons (Fsp3) is 0.0141. The Bertz CT molecular complexity index is 4430. The summed E-state index contributed by atoms with van der Waals surface area (Å²) in [5.41, 5.74) is 18.7. The third kappa shape index (κ3) is 6.37. The van der Waals surface area contributed by atoms with Crippen molar-refractivity contribution in [1.82, 2.24) is 4.57 Å². The van der Waals surface area contributed by atoms with E-state index in [0.717, 1.165) is 17.1 Å². The predicted octanol–water partition coefficient (Wildman–Crippen LogP) is 19.5. The van der Waals surface area contributed by atoms with E-state index in [9.17, 15) is 0 Å². The fourth-order valence-corrected chi connectivity index (χ4v) is 13.7. The quantitative estimate of drug-likeness (QED) is 0.147. The van der Waals surface area contributed by atoms with E-state index in [0.29, 0.717) is 0 Å². The number of hydrogen-bond acceptors (Lipinski definition) is 2. The molecule has 0 amide bonds. The van der Waals surface area contributed by atoms with Gasteiger partial charge in [-0.2, -0.15) is 0 Å². The fourth-order valence-electron chi connectivity index (χ4n) is 12.5. The number of para-hydroxylation sites is 1. The lowest BCUT2D eigenvalue weighted by atomic mass is 9.67. The van der Waals surface area contributed by atoms with Gasteiger partial charge in [-0.15, -0.1) is 11.3 Å².